The molecule has 0 spiro atoms. The van der Waals surface area contributed by atoms with Crippen molar-refractivity contribution < 1.29 is 18.7 Å². The van der Waals surface area contributed by atoms with Crippen LogP contribution in [0.4, 0.5) is 26.4 Å². The molecule has 162 valence electrons. The molecule has 9 heteroatoms. The van der Waals surface area contributed by atoms with E-state index in [9.17, 15) is 14.0 Å². The van der Waals surface area contributed by atoms with Crippen molar-refractivity contribution in [2.75, 3.05) is 41.3 Å². The molecule has 31 heavy (non-hydrogen) atoms. The van der Waals surface area contributed by atoms with Gasteiger partial charge >= 0.3 is 6.09 Å². The highest BCUT2D eigenvalue weighted by atomic mass is 19.1. The number of rotatable bonds is 6. The van der Waals surface area contributed by atoms with E-state index in [0.717, 1.165) is 18.9 Å². The number of carbonyl (C=O) groups excluding carboxylic acids is 2. The lowest BCUT2D eigenvalue weighted by Gasteiger charge is -2.24. The number of nitrogens with one attached hydrogen (secondary N) is 2. The summed E-state index contributed by atoms with van der Waals surface area (Å²) in [5.41, 5.74) is 1.01. The zero-order chi connectivity index (χ0) is 21.5. The van der Waals surface area contributed by atoms with Gasteiger partial charge in [0.05, 0.1) is 24.5 Å². The van der Waals surface area contributed by atoms with Gasteiger partial charge in [0, 0.05) is 44.1 Å². The number of ether oxygens (including phenoxy) is 1. The molecular formula is C22H24FN5O3. The lowest BCUT2D eigenvalue weighted by Crippen LogP contribution is -2.33. The molecule has 0 bridgehead atoms. The van der Waals surface area contributed by atoms with Crippen LogP contribution in [0.15, 0.2) is 42.6 Å². The largest absolute Gasteiger partial charge is 0.442 e. The van der Waals surface area contributed by atoms with Gasteiger partial charge in [0.15, 0.2) is 0 Å². The van der Waals surface area contributed by atoms with Crippen LogP contribution in [0.25, 0.3) is 0 Å². The van der Waals surface area contributed by atoms with E-state index in [1.165, 1.54) is 17.9 Å². The van der Waals surface area contributed by atoms with Gasteiger partial charge in [-0.3, -0.25) is 9.69 Å². The molecule has 1 aromatic carbocycles. The standard InChI is InChI=1S/C22H24FN5O3/c1-13(29)25-9-15-10-28(22(30)31-15)14-5-6-19(18(23)8-14)27-11-16-17(12-27)21(16)26-20-4-2-3-7-24-20/h2-8,15-17,21H,9-12H2,1H3,(H,24,26)(H,25,29)/t15-,16-,17+,21?/m0/s1. The number of fused-ring (bicyclic) bond motifs is 1. The molecule has 2 aliphatic heterocycles. The number of carbonyl (C=O) groups is 2. The summed E-state index contributed by atoms with van der Waals surface area (Å²) < 4.78 is 20.2. The van der Waals surface area contributed by atoms with Crippen LogP contribution in [0, 0.1) is 17.7 Å². The molecule has 4 atom stereocenters. The number of amides is 2. The van der Waals surface area contributed by atoms with E-state index in [2.05, 4.69) is 20.5 Å². The minimum absolute atomic E-state index is 0.189. The summed E-state index contributed by atoms with van der Waals surface area (Å²) in [6.07, 6.45) is 0.781. The summed E-state index contributed by atoms with van der Waals surface area (Å²) in [5, 5.41) is 6.09. The van der Waals surface area contributed by atoms with E-state index < -0.39 is 12.2 Å². The predicted molar refractivity (Wildman–Crippen MR) is 114 cm³/mol. The fourth-order valence-electron chi connectivity index (χ4n) is 4.57. The number of nitrogens with zero attached hydrogens (tertiary/aromatic N) is 3. The van der Waals surface area contributed by atoms with Crippen LogP contribution in [0.3, 0.4) is 0 Å². The minimum Gasteiger partial charge on any atom is -0.442 e. The summed E-state index contributed by atoms with van der Waals surface area (Å²) >= 11 is 0. The number of halogens is 1. The van der Waals surface area contributed by atoms with Crippen LogP contribution in [0.2, 0.25) is 0 Å². The predicted octanol–water partition coefficient (Wildman–Crippen LogP) is 2.23. The van der Waals surface area contributed by atoms with E-state index in [4.69, 9.17) is 4.74 Å². The molecule has 2 N–H and O–H groups in total. The van der Waals surface area contributed by atoms with E-state index in [1.54, 1.807) is 18.3 Å². The SMILES string of the molecule is CC(=O)NC[C@H]1CN(c2ccc(N3C[C@@H]4C(Nc5ccccn5)[C@@H]4C3)c(F)c2)C(=O)O1. The molecule has 2 saturated heterocycles. The number of anilines is 3. The second-order valence-electron chi connectivity index (χ2n) is 8.31. The van der Waals surface area contributed by atoms with Gasteiger partial charge in [-0.15, -0.1) is 0 Å². The van der Waals surface area contributed by atoms with Crippen molar-refractivity contribution in [1.82, 2.24) is 10.3 Å². The van der Waals surface area contributed by atoms with Gasteiger partial charge in [-0.25, -0.2) is 14.2 Å². The van der Waals surface area contributed by atoms with Crippen LogP contribution in [0.5, 0.6) is 0 Å². The van der Waals surface area contributed by atoms with E-state index in [-0.39, 0.29) is 24.8 Å². The smallest absolute Gasteiger partial charge is 0.414 e. The van der Waals surface area contributed by atoms with Crippen molar-refractivity contribution in [2.24, 2.45) is 11.8 Å². The van der Waals surface area contributed by atoms with Gasteiger partial charge in [-0.05, 0) is 30.3 Å². The Hall–Kier alpha value is -3.36. The van der Waals surface area contributed by atoms with Crippen LogP contribution in [0.1, 0.15) is 6.92 Å². The highest BCUT2D eigenvalue weighted by Gasteiger charge is 2.56. The number of pyridine rings is 1. The minimum atomic E-state index is -0.534. The molecule has 1 aromatic heterocycles. The number of cyclic esters (lactones) is 1. The van der Waals surface area contributed by atoms with Crippen LogP contribution in [-0.4, -0.2) is 55.3 Å². The van der Waals surface area contributed by atoms with Crippen molar-refractivity contribution in [3.8, 4) is 0 Å². The summed E-state index contributed by atoms with van der Waals surface area (Å²) in [4.78, 5) is 31.0. The van der Waals surface area contributed by atoms with Gasteiger partial charge in [-0.2, -0.15) is 0 Å². The first-order valence-corrected chi connectivity index (χ1v) is 10.4. The van der Waals surface area contributed by atoms with Gasteiger partial charge in [0.25, 0.3) is 0 Å². The zero-order valence-electron chi connectivity index (χ0n) is 17.1. The third-order valence-electron chi connectivity index (χ3n) is 6.21. The van der Waals surface area contributed by atoms with Crippen LogP contribution >= 0.6 is 0 Å². The average Bonchev–Trinajstić information content (AvgIpc) is 3.07. The zero-order valence-corrected chi connectivity index (χ0v) is 17.1. The third-order valence-corrected chi connectivity index (χ3v) is 6.21. The summed E-state index contributed by atoms with van der Waals surface area (Å²) in [7, 11) is 0. The maximum Gasteiger partial charge on any atom is 0.414 e. The Kier molecular flexibility index (Phi) is 4.88. The monoisotopic (exact) mass is 425 g/mol. The van der Waals surface area contributed by atoms with Gasteiger partial charge in [-0.1, -0.05) is 6.07 Å². The van der Waals surface area contributed by atoms with Crippen molar-refractivity contribution >= 4 is 29.2 Å². The molecule has 2 amide bonds. The van der Waals surface area contributed by atoms with Crippen molar-refractivity contribution in [1.29, 1.82) is 0 Å². The maximum absolute atomic E-state index is 14.9. The Morgan fingerprint density at radius 3 is 2.71 bits per heavy atom. The number of hydrogen-bond acceptors (Lipinski definition) is 6. The van der Waals surface area contributed by atoms with E-state index >= 15 is 0 Å². The molecule has 3 aliphatic rings. The first kappa shape index (κ1) is 19.6. The summed E-state index contributed by atoms with van der Waals surface area (Å²) in [5.74, 6) is 1.28. The molecule has 3 fully saturated rings. The quantitative estimate of drug-likeness (QED) is 0.738. The molecule has 1 unspecified atom stereocenters. The van der Waals surface area contributed by atoms with E-state index in [1.807, 2.05) is 18.2 Å². The van der Waals surface area contributed by atoms with Crippen LogP contribution in [-0.2, 0) is 9.53 Å². The third kappa shape index (κ3) is 3.87. The lowest BCUT2D eigenvalue weighted by molar-refractivity contribution is -0.119. The fraction of sp³-hybridized carbons (Fsp3) is 0.409. The molecule has 1 saturated carbocycles. The number of aromatic nitrogens is 1. The maximum atomic E-state index is 14.9. The van der Waals surface area contributed by atoms with Gasteiger partial charge in [0.2, 0.25) is 5.91 Å². The number of piperidine rings is 1. The Bertz CT molecular complexity index is 992. The van der Waals surface area contributed by atoms with Gasteiger partial charge < -0.3 is 20.3 Å². The Morgan fingerprint density at radius 1 is 1.23 bits per heavy atom. The van der Waals surface area contributed by atoms with Crippen LogP contribution < -0.4 is 20.4 Å². The highest BCUT2D eigenvalue weighted by molar-refractivity contribution is 5.90. The molecule has 1 aliphatic carbocycles. The summed E-state index contributed by atoms with van der Waals surface area (Å²) in [6, 6.07) is 11.0. The molecule has 8 nitrogen and oxygen atoms in total. The normalized spacial score (nSPS) is 26.5. The second kappa shape index (κ2) is 7.72. The average molecular weight is 425 g/mol. The molecule has 3 heterocycles. The van der Waals surface area contributed by atoms with Crippen molar-refractivity contribution in [2.45, 2.75) is 19.1 Å². The Labute approximate surface area is 179 Å². The Morgan fingerprint density at radius 2 is 2.03 bits per heavy atom. The molecular weight excluding hydrogens is 401 g/mol. The van der Waals surface area contributed by atoms with Crippen molar-refractivity contribution in [3.05, 3.63) is 48.4 Å². The molecule has 0 radical (unpaired) electrons. The van der Waals surface area contributed by atoms with Crippen molar-refractivity contribution in [3.63, 3.8) is 0 Å². The molecule has 5 rings (SSSR count). The topological polar surface area (TPSA) is 86.8 Å². The second-order valence-corrected chi connectivity index (χ2v) is 8.31. The summed E-state index contributed by atoms with van der Waals surface area (Å²) in [6.45, 7) is 3.49. The highest BCUT2D eigenvalue weighted by Crippen LogP contribution is 2.48. The fourth-order valence-corrected chi connectivity index (χ4v) is 4.57. The Balaban J connectivity index is 1.20. The number of hydrogen-bond donors (Lipinski definition) is 2. The molecule has 2 aromatic rings. The van der Waals surface area contributed by atoms with Gasteiger partial charge in [0.1, 0.15) is 17.7 Å². The first-order valence-electron chi connectivity index (χ1n) is 10.4. The van der Waals surface area contributed by atoms with E-state index in [0.29, 0.717) is 29.3 Å². The lowest BCUT2D eigenvalue weighted by atomic mass is 10.2. The number of benzene rings is 1. The first-order chi connectivity index (χ1) is 15.0.